The number of carbonyl (C=O) groups is 1. The first-order chi connectivity index (χ1) is 10.6. The third-order valence-corrected chi connectivity index (χ3v) is 4.51. The van der Waals surface area contributed by atoms with Gasteiger partial charge in [-0.2, -0.15) is 0 Å². The zero-order chi connectivity index (χ0) is 15.5. The summed E-state index contributed by atoms with van der Waals surface area (Å²) in [6, 6.07) is 18.0. The lowest BCUT2D eigenvalue weighted by Gasteiger charge is -2.10. The number of benzene rings is 2. The van der Waals surface area contributed by atoms with Gasteiger partial charge in [-0.15, -0.1) is 0 Å². The van der Waals surface area contributed by atoms with E-state index >= 15 is 0 Å². The molecule has 0 aliphatic heterocycles. The number of hydrogen-bond donors (Lipinski definition) is 1. The van der Waals surface area contributed by atoms with Crippen molar-refractivity contribution in [3.05, 3.63) is 60.2 Å². The van der Waals surface area contributed by atoms with Crippen molar-refractivity contribution in [2.24, 2.45) is 0 Å². The quantitative estimate of drug-likeness (QED) is 0.731. The minimum atomic E-state index is -0.830. The second kappa shape index (κ2) is 6.23. The van der Waals surface area contributed by atoms with Crippen LogP contribution in [0.25, 0.3) is 11.0 Å². The van der Waals surface area contributed by atoms with Crippen LogP contribution in [-0.2, 0) is 11.3 Å². The smallest absolute Gasteiger partial charge is 0.316 e. The van der Waals surface area contributed by atoms with Crippen molar-refractivity contribution >= 4 is 28.8 Å². The van der Waals surface area contributed by atoms with Crippen LogP contribution < -0.4 is 0 Å². The van der Waals surface area contributed by atoms with Gasteiger partial charge in [0.25, 0.3) is 0 Å². The van der Waals surface area contributed by atoms with Crippen LogP contribution in [0.5, 0.6) is 0 Å². The van der Waals surface area contributed by atoms with E-state index in [-0.39, 0.29) is 0 Å². The predicted octanol–water partition coefficient (Wildman–Crippen LogP) is 3.65. The molecule has 3 rings (SSSR count). The summed E-state index contributed by atoms with van der Waals surface area (Å²) in [6.45, 7) is 2.36. The van der Waals surface area contributed by atoms with Gasteiger partial charge in [-0.05, 0) is 24.6 Å². The molecule has 2 aromatic carbocycles. The van der Waals surface area contributed by atoms with Crippen molar-refractivity contribution in [1.29, 1.82) is 0 Å². The molecule has 4 nitrogen and oxygen atoms in total. The summed E-state index contributed by atoms with van der Waals surface area (Å²) < 4.78 is 2.08. The molecule has 0 bridgehead atoms. The normalized spacial score (nSPS) is 12.4. The summed E-state index contributed by atoms with van der Waals surface area (Å²) >= 11 is 1.28. The predicted molar refractivity (Wildman–Crippen MR) is 88.2 cm³/mol. The fourth-order valence-corrected chi connectivity index (χ4v) is 3.13. The van der Waals surface area contributed by atoms with E-state index in [0.717, 1.165) is 21.8 Å². The summed E-state index contributed by atoms with van der Waals surface area (Å²) in [7, 11) is 0. The molecule has 0 fully saturated rings. The van der Waals surface area contributed by atoms with Crippen LogP contribution in [0, 0.1) is 0 Å². The van der Waals surface area contributed by atoms with E-state index in [1.54, 1.807) is 6.92 Å². The molecule has 112 valence electrons. The molecule has 0 spiro atoms. The Kier molecular flexibility index (Phi) is 4.15. The van der Waals surface area contributed by atoms with Gasteiger partial charge in [0.2, 0.25) is 0 Å². The zero-order valence-corrected chi connectivity index (χ0v) is 13.0. The van der Waals surface area contributed by atoms with Crippen LogP contribution in [0.4, 0.5) is 0 Å². The molecule has 0 saturated heterocycles. The molecule has 0 unspecified atom stereocenters. The van der Waals surface area contributed by atoms with Crippen molar-refractivity contribution in [2.75, 3.05) is 0 Å². The van der Waals surface area contributed by atoms with E-state index in [9.17, 15) is 4.79 Å². The number of para-hydroxylation sites is 2. The van der Waals surface area contributed by atoms with E-state index < -0.39 is 11.2 Å². The van der Waals surface area contributed by atoms with E-state index in [0.29, 0.717) is 6.54 Å². The molecule has 22 heavy (non-hydrogen) atoms. The summed E-state index contributed by atoms with van der Waals surface area (Å²) in [6.07, 6.45) is 0. The molecule has 1 aromatic heterocycles. The van der Waals surface area contributed by atoms with Gasteiger partial charge in [-0.1, -0.05) is 54.2 Å². The minimum absolute atomic E-state index is 0.536. The van der Waals surface area contributed by atoms with Crippen molar-refractivity contribution in [3.63, 3.8) is 0 Å². The van der Waals surface area contributed by atoms with Crippen LogP contribution in [-0.4, -0.2) is 25.9 Å². The maximum atomic E-state index is 11.1. The Labute approximate surface area is 132 Å². The van der Waals surface area contributed by atoms with Gasteiger partial charge < -0.3 is 9.67 Å². The number of aliphatic carboxylic acids is 1. The molecule has 0 aliphatic carbocycles. The fraction of sp³-hybridized carbons (Fsp3) is 0.176. The molecule has 0 aliphatic rings. The Morgan fingerprint density at radius 1 is 1.18 bits per heavy atom. The fourth-order valence-electron chi connectivity index (χ4n) is 2.27. The van der Waals surface area contributed by atoms with Crippen molar-refractivity contribution in [2.45, 2.75) is 23.9 Å². The number of nitrogens with zero attached hydrogens (tertiary/aromatic N) is 2. The molecule has 0 saturated carbocycles. The first kappa shape index (κ1) is 14.7. The maximum absolute atomic E-state index is 11.1. The number of imidazole rings is 1. The Hall–Kier alpha value is -2.27. The van der Waals surface area contributed by atoms with Gasteiger partial charge in [0.05, 0.1) is 17.6 Å². The minimum Gasteiger partial charge on any atom is -0.480 e. The third-order valence-electron chi connectivity index (χ3n) is 3.43. The number of thioether (sulfide) groups is 1. The maximum Gasteiger partial charge on any atom is 0.316 e. The molecule has 3 aromatic rings. The third kappa shape index (κ3) is 2.99. The average Bonchev–Trinajstić information content (AvgIpc) is 2.86. The van der Waals surface area contributed by atoms with E-state index in [1.807, 2.05) is 42.5 Å². The monoisotopic (exact) mass is 312 g/mol. The second-order valence-corrected chi connectivity index (χ2v) is 6.36. The standard InChI is InChI=1S/C17H16N2O2S/c1-12(16(20)21)22-17-18-14-9-5-6-10-15(14)19(17)11-13-7-3-2-4-8-13/h2-10,12H,11H2,1H3,(H,20,21)/t12-/m1/s1. The Bertz CT molecular complexity index is 799. The first-order valence-corrected chi connectivity index (χ1v) is 7.92. The first-order valence-electron chi connectivity index (χ1n) is 7.04. The van der Waals surface area contributed by atoms with Crippen LogP contribution in [0.2, 0.25) is 0 Å². The van der Waals surface area contributed by atoms with Crippen LogP contribution in [0.3, 0.4) is 0 Å². The van der Waals surface area contributed by atoms with Crippen LogP contribution in [0.15, 0.2) is 59.8 Å². The second-order valence-electron chi connectivity index (χ2n) is 5.05. The molecule has 0 amide bonds. The molecular weight excluding hydrogens is 296 g/mol. The van der Waals surface area contributed by atoms with Crippen molar-refractivity contribution in [3.8, 4) is 0 Å². The van der Waals surface area contributed by atoms with Gasteiger partial charge in [-0.25, -0.2) is 4.98 Å². The SMILES string of the molecule is C[C@@H](Sc1nc2ccccc2n1Cc1ccccc1)C(=O)O. The lowest BCUT2D eigenvalue weighted by molar-refractivity contribution is -0.136. The van der Waals surface area contributed by atoms with E-state index in [1.165, 1.54) is 11.8 Å². The highest BCUT2D eigenvalue weighted by Crippen LogP contribution is 2.28. The van der Waals surface area contributed by atoms with Crippen LogP contribution >= 0.6 is 11.8 Å². The molecule has 1 atom stereocenters. The van der Waals surface area contributed by atoms with E-state index in [2.05, 4.69) is 21.7 Å². The van der Waals surface area contributed by atoms with Gasteiger partial charge in [0, 0.05) is 0 Å². The lowest BCUT2D eigenvalue weighted by Crippen LogP contribution is -2.13. The number of carboxylic acids is 1. The topological polar surface area (TPSA) is 55.1 Å². The lowest BCUT2D eigenvalue weighted by atomic mass is 10.2. The van der Waals surface area contributed by atoms with Gasteiger partial charge in [-0.3, -0.25) is 4.79 Å². The van der Waals surface area contributed by atoms with Crippen LogP contribution in [0.1, 0.15) is 12.5 Å². The summed E-state index contributed by atoms with van der Waals surface area (Å²) in [5.74, 6) is -0.830. The highest BCUT2D eigenvalue weighted by Gasteiger charge is 2.18. The number of carboxylic acid groups (broad SMARTS) is 1. The summed E-state index contributed by atoms with van der Waals surface area (Å²) in [4.78, 5) is 15.7. The Morgan fingerprint density at radius 3 is 2.59 bits per heavy atom. The highest BCUT2D eigenvalue weighted by molar-refractivity contribution is 8.00. The molecule has 1 N–H and O–H groups in total. The molecule has 1 heterocycles. The number of fused-ring (bicyclic) bond motifs is 1. The average molecular weight is 312 g/mol. The van der Waals surface area contributed by atoms with Gasteiger partial charge in [0.15, 0.2) is 5.16 Å². The van der Waals surface area contributed by atoms with Crippen molar-refractivity contribution in [1.82, 2.24) is 9.55 Å². The summed E-state index contributed by atoms with van der Waals surface area (Å²) in [5.41, 5.74) is 3.07. The molecule has 0 radical (unpaired) electrons. The van der Waals surface area contributed by atoms with Gasteiger partial charge >= 0.3 is 5.97 Å². The Morgan fingerprint density at radius 2 is 1.86 bits per heavy atom. The summed E-state index contributed by atoms with van der Waals surface area (Å²) in [5, 5.41) is 9.34. The zero-order valence-electron chi connectivity index (χ0n) is 12.1. The van der Waals surface area contributed by atoms with E-state index in [4.69, 9.17) is 5.11 Å². The van der Waals surface area contributed by atoms with Gasteiger partial charge in [0.1, 0.15) is 5.25 Å². The highest BCUT2D eigenvalue weighted by atomic mass is 32.2. The molecular formula is C17H16N2O2S. The number of rotatable bonds is 5. The number of aromatic nitrogens is 2. The Balaban J connectivity index is 2.03. The number of hydrogen-bond acceptors (Lipinski definition) is 3. The van der Waals surface area contributed by atoms with Crippen molar-refractivity contribution < 1.29 is 9.90 Å². The largest absolute Gasteiger partial charge is 0.480 e. The molecule has 5 heteroatoms.